The second kappa shape index (κ2) is 12.0. The van der Waals surface area contributed by atoms with Crippen molar-refractivity contribution in [3.8, 4) is 6.07 Å². The summed E-state index contributed by atoms with van der Waals surface area (Å²) in [6.45, 7) is 7.67. The van der Waals surface area contributed by atoms with E-state index in [1.54, 1.807) is 6.07 Å². The zero-order chi connectivity index (χ0) is 12.4. The van der Waals surface area contributed by atoms with Gasteiger partial charge in [0.05, 0.1) is 11.6 Å². The molecule has 1 nitrogen and oxygen atoms in total. The average Bonchev–Trinajstić information content (AvgIpc) is 2.32. The van der Waals surface area contributed by atoms with E-state index in [1.807, 2.05) is 31.2 Å². The third kappa shape index (κ3) is 8.28. The molecule has 3 heteroatoms. The maximum absolute atomic E-state index is 8.63. The summed E-state index contributed by atoms with van der Waals surface area (Å²) in [6, 6.07) is 7.62. The number of hydrogen-bond donors (Lipinski definition) is 0. The second-order valence-electron chi connectivity index (χ2n) is 3.20. The number of hydrogen-bond acceptors (Lipinski definition) is 1. The smallest absolute Gasteiger partial charge is 0.343 e. The first-order chi connectivity index (χ1) is 7.69. The summed E-state index contributed by atoms with van der Waals surface area (Å²) in [4.78, 5) is 0. The molecule has 1 aromatic carbocycles. The van der Waals surface area contributed by atoms with Crippen molar-refractivity contribution >= 4 is 22.0 Å². The van der Waals surface area contributed by atoms with E-state index in [2.05, 4.69) is 35.8 Å². The van der Waals surface area contributed by atoms with Gasteiger partial charge in [0.2, 0.25) is 0 Å². The maximum atomic E-state index is 8.63. The SMILES string of the molecule is C/C=C\c1cc(C#N)ccc1Br.[CH2-]CCC.[Li+]. The van der Waals surface area contributed by atoms with Gasteiger partial charge in [0.15, 0.2) is 0 Å². The second-order valence-corrected chi connectivity index (χ2v) is 4.06. The van der Waals surface area contributed by atoms with Crippen LogP contribution in [0.3, 0.4) is 0 Å². The van der Waals surface area contributed by atoms with Gasteiger partial charge in [-0.3, -0.25) is 0 Å². The zero-order valence-electron chi connectivity index (χ0n) is 10.8. The van der Waals surface area contributed by atoms with Gasteiger partial charge < -0.3 is 6.92 Å². The summed E-state index contributed by atoms with van der Waals surface area (Å²) < 4.78 is 1.01. The van der Waals surface area contributed by atoms with E-state index in [1.165, 1.54) is 6.42 Å². The predicted molar refractivity (Wildman–Crippen MR) is 73.8 cm³/mol. The number of nitriles is 1. The molecular weight excluding hydrogens is 269 g/mol. The Morgan fingerprint density at radius 1 is 1.47 bits per heavy atom. The number of unbranched alkanes of at least 4 members (excludes halogenated alkanes) is 1. The fourth-order valence-corrected chi connectivity index (χ4v) is 1.30. The van der Waals surface area contributed by atoms with Crippen molar-refractivity contribution in [2.24, 2.45) is 0 Å². The number of rotatable bonds is 2. The molecule has 0 bridgehead atoms. The minimum absolute atomic E-state index is 0. The molecule has 0 radical (unpaired) electrons. The van der Waals surface area contributed by atoms with Crippen LogP contribution < -0.4 is 18.9 Å². The molecule has 1 aromatic rings. The van der Waals surface area contributed by atoms with Crippen molar-refractivity contribution in [3.63, 3.8) is 0 Å². The van der Waals surface area contributed by atoms with Crippen molar-refractivity contribution < 1.29 is 18.9 Å². The van der Waals surface area contributed by atoms with E-state index in [-0.39, 0.29) is 18.9 Å². The molecule has 17 heavy (non-hydrogen) atoms. The van der Waals surface area contributed by atoms with Crippen molar-refractivity contribution in [1.29, 1.82) is 5.26 Å². The Labute approximate surface area is 125 Å². The molecule has 0 heterocycles. The van der Waals surface area contributed by atoms with Crippen LogP contribution in [0.1, 0.15) is 37.8 Å². The van der Waals surface area contributed by atoms with Gasteiger partial charge in [-0.15, -0.1) is 0 Å². The molecule has 0 N–H and O–H groups in total. The first-order valence-corrected chi connectivity index (χ1v) is 6.10. The number of halogens is 1. The average molecular weight is 286 g/mol. The molecule has 0 fully saturated rings. The Hall–Kier alpha value is -0.473. The zero-order valence-corrected chi connectivity index (χ0v) is 12.4. The van der Waals surface area contributed by atoms with Crippen molar-refractivity contribution in [3.05, 3.63) is 46.8 Å². The largest absolute Gasteiger partial charge is 1.00 e. The van der Waals surface area contributed by atoms with Crippen LogP contribution in [0.2, 0.25) is 0 Å². The van der Waals surface area contributed by atoms with E-state index in [0.29, 0.717) is 5.56 Å². The van der Waals surface area contributed by atoms with Gasteiger partial charge in [0.25, 0.3) is 0 Å². The van der Waals surface area contributed by atoms with E-state index in [4.69, 9.17) is 5.26 Å². The Kier molecular flexibility index (Phi) is 13.3. The van der Waals surface area contributed by atoms with Crippen LogP contribution in [0, 0.1) is 18.3 Å². The molecule has 86 valence electrons. The number of nitrogens with zero attached hydrogens (tertiary/aromatic N) is 1. The third-order valence-corrected chi connectivity index (χ3v) is 2.55. The van der Waals surface area contributed by atoms with E-state index >= 15 is 0 Å². The van der Waals surface area contributed by atoms with Crippen LogP contribution in [0.5, 0.6) is 0 Å². The van der Waals surface area contributed by atoms with Gasteiger partial charge in [-0.2, -0.15) is 11.7 Å². The Bertz CT molecular complexity index is 378. The fourth-order valence-electron chi connectivity index (χ4n) is 0.921. The Morgan fingerprint density at radius 2 is 2.06 bits per heavy atom. The van der Waals surface area contributed by atoms with E-state index in [9.17, 15) is 0 Å². The number of allylic oxidation sites excluding steroid dienone is 1. The van der Waals surface area contributed by atoms with Gasteiger partial charge in [-0.25, -0.2) is 0 Å². The monoisotopic (exact) mass is 285 g/mol. The van der Waals surface area contributed by atoms with Crippen LogP contribution in [0.4, 0.5) is 0 Å². The molecule has 0 aliphatic heterocycles. The summed E-state index contributed by atoms with van der Waals surface area (Å²) in [6.07, 6.45) is 6.19. The van der Waals surface area contributed by atoms with E-state index < -0.39 is 0 Å². The van der Waals surface area contributed by atoms with E-state index in [0.717, 1.165) is 16.5 Å². The topological polar surface area (TPSA) is 23.8 Å². The molecule has 0 saturated heterocycles. The summed E-state index contributed by atoms with van der Waals surface area (Å²) in [5.41, 5.74) is 1.72. The van der Waals surface area contributed by atoms with Crippen LogP contribution in [0.15, 0.2) is 28.7 Å². The molecule has 0 aliphatic rings. The minimum atomic E-state index is 0. The van der Waals surface area contributed by atoms with Crippen LogP contribution >= 0.6 is 15.9 Å². The molecule has 0 aromatic heterocycles. The molecular formula is C14H17BrLiN. The first-order valence-electron chi connectivity index (χ1n) is 5.31. The van der Waals surface area contributed by atoms with Gasteiger partial charge in [-0.05, 0) is 30.7 Å². The predicted octanol–water partition coefficient (Wildman–Crippen LogP) is 1.98. The van der Waals surface area contributed by atoms with Gasteiger partial charge in [0, 0.05) is 4.47 Å². The van der Waals surface area contributed by atoms with Gasteiger partial charge in [-0.1, -0.05) is 41.4 Å². The summed E-state index contributed by atoms with van der Waals surface area (Å²) in [5.74, 6) is 0. The molecule has 0 amide bonds. The van der Waals surface area contributed by atoms with Crippen molar-refractivity contribution in [1.82, 2.24) is 0 Å². The van der Waals surface area contributed by atoms with Crippen LogP contribution in [-0.4, -0.2) is 0 Å². The first kappa shape index (κ1) is 18.9. The van der Waals surface area contributed by atoms with Gasteiger partial charge in [0.1, 0.15) is 0 Å². The summed E-state index contributed by atoms with van der Waals surface area (Å²) >= 11 is 3.40. The molecule has 0 spiro atoms. The summed E-state index contributed by atoms with van der Waals surface area (Å²) in [5, 5.41) is 8.63. The maximum Gasteiger partial charge on any atom is 1.00 e. The Morgan fingerprint density at radius 3 is 2.47 bits per heavy atom. The molecule has 0 saturated carbocycles. The van der Waals surface area contributed by atoms with Crippen LogP contribution in [-0.2, 0) is 0 Å². The van der Waals surface area contributed by atoms with Crippen LogP contribution in [0.25, 0.3) is 6.08 Å². The third-order valence-electron chi connectivity index (χ3n) is 1.82. The minimum Gasteiger partial charge on any atom is -0.343 e. The molecule has 1 rings (SSSR count). The normalized spacial score (nSPS) is 8.88. The standard InChI is InChI=1S/C10H8BrN.C4H9.Li/c1-2-3-9-6-8(7-12)4-5-10(9)11;1-3-4-2;/h2-6H,1H3;1,3-4H2,2H3;/q;-1;+1/b3-2-;;. The molecule has 0 aliphatic carbocycles. The van der Waals surface area contributed by atoms with Gasteiger partial charge >= 0.3 is 18.9 Å². The van der Waals surface area contributed by atoms with Crippen molar-refractivity contribution in [2.45, 2.75) is 26.7 Å². The Balaban J connectivity index is 0. The number of benzene rings is 1. The fraction of sp³-hybridized carbons (Fsp3) is 0.286. The quantitative estimate of drug-likeness (QED) is 0.602. The molecule has 0 atom stereocenters. The summed E-state index contributed by atoms with van der Waals surface area (Å²) in [7, 11) is 0. The van der Waals surface area contributed by atoms with Crippen molar-refractivity contribution in [2.75, 3.05) is 0 Å². The molecule has 0 unspecified atom stereocenters.